The normalized spacial score (nSPS) is 16.7. The summed E-state index contributed by atoms with van der Waals surface area (Å²) < 4.78 is 71.2. The van der Waals surface area contributed by atoms with Crippen LogP contribution in [0.25, 0.3) is 0 Å². The molecule has 0 unspecified atom stereocenters. The third-order valence-corrected chi connectivity index (χ3v) is 6.84. The molecule has 3 aromatic rings. The Balaban J connectivity index is 1.78. The number of anilines is 1. The second-order valence-electron chi connectivity index (χ2n) is 7.19. The number of guanidine groups is 1. The highest BCUT2D eigenvalue weighted by atomic mass is 35.5. The highest BCUT2D eigenvalue weighted by Crippen LogP contribution is 2.38. The van der Waals surface area contributed by atoms with Gasteiger partial charge in [0.1, 0.15) is 22.3 Å². The van der Waals surface area contributed by atoms with E-state index in [0.717, 1.165) is 12.1 Å². The third-order valence-electron chi connectivity index (χ3n) is 5.16. The molecule has 32 heavy (non-hydrogen) atoms. The van der Waals surface area contributed by atoms with Crippen LogP contribution in [-0.2, 0) is 16.6 Å². The van der Waals surface area contributed by atoms with Gasteiger partial charge in [-0.1, -0.05) is 48.9 Å². The molecule has 1 heterocycles. The van der Waals surface area contributed by atoms with Crippen LogP contribution in [0.2, 0.25) is 5.02 Å². The average molecular weight is 480 g/mol. The topological polar surface area (TPSA) is 70.6 Å². The van der Waals surface area contributed by atoms with Crippen molar-refractivity contribution in [3.63, 3.8) is 0 Å². The zero-order valence-electron chi connectivity index (χ0n) is 16.7. The van der Waals surface area contributed by atoms with Gasteiger partial charge in [0.2, 0.25) is 5.96 Å². The molecule has 166 valence electrons. The molecule has 0 aliphatic carbocycles. The monoisotopic (exact) mass is 479 g/mol. The number of sulfonamides is 1. The zero-order valence-corrected chi connectivity index (χ0v) is 18.2. The van der Waals surface area contributed by atoms with Crippen LogP contribution >= 0.6 is 11.6 Å². The molecule has 1 atom stereocenters. The Morgan fingerprint density at radius 1 is 1.00 bits per heavy atom. The molecule has 1 aliphatic heterocycles. The lowest BCUT2D eigenvalue weighted by Gasteiger charge is -2.26. The lowest BCUT2D eigenvalue weighted by molar-refractivity contribution is 0.577. The van der Waals surface area contributed by atoms with Gasteiger partial charge in [-0.05, 0) is 29.8 Å². The summed E-state index contributed by atoms with van der Waals surface area (Å²) in [6.07, 6.45) is 0. The van der Waals surface area contributed by atoms with Crippen molar-refractivity contribution in [1.82, 2.24) is 4.72 Å². The van der Waals surface area contributed by atoms with Crippen molar-refractivity contribution in [2.24, 2.45) is 4.99 Å². The van der Waals surface area contributed by atoms with Crippen molar-refractivity contribution < 1.29 is 21.6 Å². The molecule has 0 aromatic heterocycles. The Kier molecular flexibility index (Phi) is 5.87. The number of halogens is 4. The first-order chi connectivity index (χ1) is 15.2. The van der Waals surface area contributed by atoms with Crippen LogP contribution < -0.4 is 10.0 Å². The number of nitrogens with one attached hydrogen (secondary N) is 2. The molecule has 0 saturated heterocycles. The summed E-state index contributed by atoms with van der Waals surface area (Å²) in [6, 6.07) is 12.4. The largest absolute Gasteiger partial charge is 0.324 e. The van der Waals surface area contributed by atoms with E-state index in [0.29, 0.717) is 0 Å². The summed E-state index contributed by atoms with van der Waals surface area (Å²) in [6.45, 7) is 1.35. The standard InChI is InChI=1S/C22H17ClF3N3O2S/c1-12(14-6-2-3-8-16(14)24)19-17(25)9-10-18-21(19)28-22(29-32(18,30)31)27-11-13-5-4-7-15(23)20(13)26/h2-10,12H,11H2,1H3,(H2,27,28,29)/t12-/m0/s1. The number of aliphatic imine (C=N–C) groups is 1. The van der Waals surface area contributed by atoms with Crippen LogP contribution in [-0.4, -0.2) is 14.4 Å². The van der Waals surface area contributed by atoms with Crippen LogP contribution in [0.4, 0.5) is 18.9 Å². The van der Waals surface area contributed by atoms with Crippen LogP contribution in [0.5, 0.6) is 0 Å². The van der Waals surface area contributed by atoms with Crippen molar-refractivity contribution in [2.45, 2.75) is 24.3 Å². The van der Waals surface area contributed by atoms with Gasteiger partial charge in [0.15, 0.2) is 0 Å². The molecular weight excluding hydrogens is 463 g/mol. The molecule has 0 spiro atoms. The number of hydrogen-bond acceptors (Lipinski definition) is 3. The predicted molar refractivity (Wildman–Crippen MR) is 117 cm³/mol. The predicted octanol–water partition coefficient (Wildman–Crippen LogP) is 5.17. The van der Waals surface area contributed by atoms with E-state index >= 15 is 0 Å². The van der Waals surface area contributed by atoms with E-state index in [9.17, 15) is 21.6 Å². The highest BCUT2D eigenvalue weighted by molar-refractivity contribution is 7.90. The maximum absolute atomic E-state index is 14.9. The molecule has 3 aromatic carbocycles. The SMILES string of the molecule is C[C@@H](c1ccccc1F)c1c(F)ccc2c1NC(=NCc1cccc(Cl)c1F)NS2(=O)=O. The van der Waals surface area contributed by atoms with Crippen molar-refractivity contribution in [3.05, 3.63) is 93.8 Å². The van der Waals surface area contributed by atoms with Gasteiger partial charge in [0, 0.05) is 17.0 Å². The Morgan fingerprint density at radius 3 is 2.50 bits per heavy atom. The first kappa shape index (κ1) is 22.2. The molecule has 0 radical (unpaired) electrons. The van der Waals surface area contributed by atoms with Crippen LogP contribution in [0, 0.1) is 17.5 Å². The maximum atomic E-state index is 14.9. The molecular formula is C22H17ClF3N3O2S. The molecule has 2 N–H and O–H groups in total. The van der Waals surface area contributed by atoms with Crippen molar-refractivity contribution in [2.75, 3.05) is 5.32 Å². The lowest BCUT2D eigenvalue weighted by atomic mass is 9.91. The molecule has 0 bridgehead atoms. The molecule has 0 fully saturated rings. The fourth-order valence-electron chi connectivity index (χ4n) is 3.56. The molecule has 5 nitrogen and oxygen atoms in total. The van der Waals surface area contributed by atoms with Crippen molar-refractivity contribution in [1.29, 1.82) is 0 Å². The quantitative estimate of drug-likeness (QED) is 0.542. The second-order valence-corrected chi connectivity index (χ2v) is 9.24. The van der Waals surface area contributed by atoms with Gasteiger partial charge in [-0.25, -0.2) is 31.3 Å². The van der Waals surface area contributed by atoms with E-state index in [1.54, 1.807) is 13.0 Å². The van der Waals surface area contributed by atoms with Crippen LogP contribution in [0.3, 0.4) is 0 Å². The zero-order chi connectivity index (χ0) is 23.0. The summed E-state index contributed by atoms with van der Waals surface area (Å²) in [7, 11) is -4.10. The van der Waals surface area contributed by atoms with Gasteiger partial charge < -0.3 is 5.32 Å². The summed E-state index contributed by atoms with van der Waals surface area (Å²) in [4.78, 5) is 3.89. The molecule has 0 amide bonds. The Bertz CT molecular complexity index is 1350. The number of nitrogens with zero attached hydrogens (tertiary/aromatic N) is 1. The number of fused-ring (bicyclic) bond motifs is 1. The minimum atomic E-state index is -4.10. The van der Waals surface area contributed by atoms with Gasteiger partial charge in [0.25, 0.3) is 10.0 Å². The second kappa shape index (κ2) is 8.48. The smallest absolute Gasteiger partial charge is 0.266 e. The van der Waals surface area contributed by atoms with Gasteiger partial charge in [-0.2, -0.15) is 0 Å². The van der Waals surface area contributed by atoms with E-state index in [2.05, 4.69) is 15.0 Å². The number of hydrogen-bond donors (Lipinski definition) is 2. The minimum Gasteiger partial charge on any atom is -0.324 e. The first-order valence-corrected chi connectivity index (χ1v) is 11.4. The number of rotatable bonds is 4. The van der Waals surface area contributed by atoms with E-state index < -0.39 is 33.4 Å². The number of benzene rings is 3. The van der Waals surface area contributed by atoms with Crippen LogP contribution in [0.15, 0.2) is 64.5 Å². The Labute approximate surface area is 188 Å². The van der Waals surface area contributed by atoms with E-state index in [1.165, 1.54) is 36.4 Å². The van der Waals surface area contributed by atoms with Crippen LogP contribution in [0.1, 0.15) is 29.5 Å². The van der Waals surface area contributed by atoms with E-state index in [4.69, 9.17) is 11.6 Å². The fraction of sp³-hybridized carbons (Fsp3) is 0.136. The summed E-state index contributed by atoms with van der Waals surface area (Å²) >= 11 is 5.77. The summed E-state index contributed by atoms with van der Waals surface area (Å²) in [5.41, 5.74) is 0.275. The lowest BCUT2D eigenvalue weighted by Crippen LogP contribution is -2.41. The molecule has 0 saturated carbocycles. The minimum absolute atomic E-state index is 0.0284. The highest BCUT2D eigenvalue weighted by Gasteiger charge is 2.32. The fourth-order valence-corrected chi connectivity index (χ4v) is 4.92. The Hall–Kier alpha value is -3.04. The molecule has 1 aliphatic rings. The summed E-state index contributed by atoms with van der Waals surface area (Å²) in [5.74, 6) is -2.94. The van der Waals surface area contributed by atoms with Crippen molar-refractivity contribution in [3.8, 4) is 0 Å². The Morgan fingerprint density at radius 2 is 1.75 bits per heavy atom. The van der Waals surface area contributed by atoms with Gasteiger partial charge in [-0.3, -0.25) is 0 Å². The van der Waals surface area contributed by atoms with Gasteiger partial charge in [-0.15, -0.1) is 0 Å². The molecule has 4 rings (SSSR count). The van der Waals surface area contributed by atoms with Crippen molar-refractivity contribution >= 4 is 33.3 Å². The maximum Gasteiger partial charge on any atom is 0.266 e. The van der Waals surface area contributed by atoms with Gasteiger partial charge >= 0.3 is 0 Å². The summed E-state index contributed by atoms with van der Waals surface area (Å²) in [5, 5.41) is 2.69. The van der Waals surface area contributed by atoms with E-state index in [-0.39, 0.29) is 44.8 Å². The molecule has 10 heteroatoms. The average Bonchev–Trinajstić information content (AvgIpc) is 2.74. The van der Waals surface area contributed by atoms with Gasteiger partial charge in [0.05, 0.1) is 17.3 Å². The van der Waals surface area contributed by atoms with E-state index in [1.807, 2.05) is 0 Å². The third kappa shape index (κ3) is 4.05. The first-order valence-electron chi connectivity index (χ1n) is 9.53.